The van der Waals surface area contributed by atoms with E-state index in [2.05, 4.69) is 44.2 Å². The number of allylic oxidation sites excluding steroid dienone is 2. The summed E-state index contributed by atoms with van der Waals surface area (Å²) in [4.78, 5) is 21.5. The van der Waals surface area contributed by atoms with E-state index in [0.29, 0.717) is 45.1 Å². The zero-order chi connectivity index (χ0) is 30.9. The van der Waals surface area contributed by atoms with Crippen molar-refractivity contribution >= 4 is 5.91 Å². The zero-order valence-electron chi connectivity index (χ0n) is 25.6. The van der Waals surface area contributed by atoms with Gasteiger partial charge in [0.2, 0.25) is 5.91 Å². The van der Waals surface area contributed by atoms with Gasteiger partial charge in [-0.2, -0.15) is 0 Å². The van der Waals surface area contributed by atoms with Crippen molar-refractivity contribution < 1.29 is 35.4 Å². The third kappa shape index (κ3) is 14.1. The molecule has 1 aromatic carbocycles. The van der Waals surface area contributed by atoms with Gasteiger partial charge in [0.1, 0.15) is 0 Å². The Morgan fingerprint density at radius 3 is 2.40 bits per heavy atom. The first-order chi connectivity index (χ1) is 20.8. The molecule has 0 bridgehead atoms. The van der Waals surface area contributed by atoms with E-state index < -0.39 is 18.3 Å². The van der Waals surface area contributed by atoms with Crippen LogP contribution in [-0.2, 0) is 16.1 Å². The molecule has 0 unspecified atom stereocenters. The number of aryl methyl sites for hydroxylation is 1. The van der Waals surface area contributed by atoms with E-state index in [1.165, 1.54) is 5.56 Å². The number of carbonyl (C=O) groups excluding carboxylic acids is 1. The molecule has 1 saturated carbocycles. The van der Waals surface area contributed by atoms with Crippen LogP contribution in [0.15, 0.2) is 42.5 Å². The van der Waals surface area contributed by atoms with Crippen LogP contribution in [-0.4, -0.2) is 118 Å². The number of hydrogen-bond acceptors (Lipinski definition) is 10. The number of piperazine rings is 1. The van der Waals surface area contributed by atoms with E-state index in [-0.39, 0.29) is 29.7 Å². The lowest BCUT2D eigenvalue weighted by Crippen LogP contribution is -2.48. The highest BCUT2D eigenvalue weighted by molar-refractivity contribution is 5.75. The molecule has 43 heavy (non-hydrogen) atoms. The molecule has 3 rings (SSSR count). The van der Waals surface area contributed by atoms with Crippen LogP contribution in [0.5, 0.6) is 0 Å². The molecular weight excluding hydrogens is 552 g/mol. The molecule has 1 saturated heterocycles. The fraction of sp³-hybridized carbons (Fsp3) is 0.719. The van der Waals surface area contributed by atoms with Crippen LogP contribution in [0.4, 0.5) is 0 Å². The standard InChI is InChI=1S/C32H54N4O7/c37-27(14-13-26-9-4-3-5-10-26)15-16-29-28(30(38)25-31(29)39)11-6-1-2-7-12-32(40)33-17-19-35-22-20-34(21-23-35)18-8-24-43-36(41)42/h1,3-6,9-10,27-31,37-39,41-42H,2,7-8,11-25H2,(H,33,40)/b6-1-/t27-,28+,29+,30-,31+/m0/s1. The second-order valence-corrected chi connectivity index (χ2v) is 12.0. The summed E-state index contributed by atoms with van der Waals surface area (Å²) in [6.45, 7) is 6.32. The van der Waals surface area contributed by atoms with Crippen LogP contribution < -0.4 is 5.32 Å². The van der Waals surface area contributed by atoms with Crippen LogP contribution in [0.2, 0.25) is 0 Å². The molecule has 6 N–H and O–H groups in total. The van der Waals surface area contributed by atoms with Crippen LogP contribution in [0.1, 0.15) is 63.4 Å². The van der Waals surface area contributed by atoms with Crippen LogP contribution in [0.25, 0.3) is 0 Å². The smallest absolute Gasteiger partial charge is 0.220 e. The van der Waals surface area contributed by atoms with Crippen molar-refractivity contribution in [3.8, 4) is 0 Å². The topological polar surface area (TPSA) is 149 Å². The van der Waals surface area contributed by atoms with Gasteiger partial charge in [-0.25, -0.2) is 0 Å². The van der Waals surface area contributed by atoms with Crippen molar-refractivity contribution in [2.75, 3.05) is 52.4 Å². The van der Waals surface area contributed by atoms with Crippen molar-refractivity contribution in [3.05, 3.63) is 48.0 Å². The maximum Gasteiger partial charge on any atom is 0.220 e. The van der Waals surface area contributed by atoms with E-state index in [1.54, 1.807) is 0 Å². The monoisotopic (exact) mass is 606 g/mol. The summed E-state index contributed by atoms with van der Waals surface area (Å²) >= 11 is 0. The number of nitrogens with one attached hydrogen (secondary N) is 1. The molecule has 1 aromatic rings. The minimum Gasteiger partial charge on any atom is -0.393 e. The highest BCUT2D eigenvalue weighted by Gasteiger charge is 2.40. The molecule has 5 atom stereocenters. The van der Waals surface area contributed by atoms with E-state index in [1.807, 2.05) is 18.2 Å². The van der Waals surface area contributed by atoms with Crippen molar-refractivity contribution in [1.82, 2.24) is 20.5 Å². The molecule has 0 spiro atoms. The molecular formula is C32H54N4O7. The number of nitrogens with zero attached hydrogens (tertiary/aromatic N) is 3. The van der Waals surface area contributed by atoms with Crippen molar-refractivity contribution in [3.63, 3.8) is 0 Å². The quantitative estimate of drug-likeness (QED) is 0.0742. The van der Waals surface area contributed by atoms with Gasteiger partial charge in [-0.3, -0.25) is 24.9 Å². The lowest BCUT2D eigenvalue weighted by molar-refractivity contribution is -0.492. The Balaban J connectivity index is 1.21. The van der Waals surface area contributed by atoms with Gasteiger partial charge in [-0.15, -0.1) is 0 Å². The number of hydrogen-bond donors (Lipinski definition) is 6. The summed E-state index contributed by atoms with van der Waals surface area (Å²) in [6.07, 6.45) is 9.37. The average molecular weight is 607 g/mol. The van der Waals surface area contributed by atoms with Gasteiger partial charge < -0.3 is 25.5 Å². The normalized spacial score (nSPS) is 24.2. The summed E-state index contributed by atoms with van der Waals surface area (Å²) < 4.78 is 0. The molecule has 2 aliphatic rings. The minimum absolute atomic E-state index is 0.00904. The Bertz CT molecular complexity index is 914. The number of amides is 1. The van der Waals surface area contributed by atoms with Gasteiger partial charge in [0.05, 0.1) is 30.3 Å². The summed E-state index contributed by atoms with van der Waals surface area (Å²) in [7, 11) is 0. The molecule has 1 amide bonds. The lowest BCUT2D eigenvalue weighted by Gasteiger charge is -2.34. The van der Waals surface area contributed by atoms with E-state index in [0.717, 1.165) is 65.0 Å². The largest absolute Gasteiger partial charge is 0.393 e. The molecule has 244 valence electrons. The SMILES string of the molecule is O=C(CCC/C=C\C[C@@H]1[C@@H](CC[C@@H](O)CCc2ccccc2)[C@H](O)C[C@@H]1O)NCCN1CCN(CCCON(O)O)CC1. The molecule has 1 heterocycles. The van der Waals surface area contributed by atoms with Crippen molar-refractivity contribution in [2.24, 2.45) is 11.8 Å². The minimum atomic E-state index is -0.533. The third-order valence-electron chi connectivity index (χ3n) is 8.85. The molecule has 11 heteroatoms. The molecule has 1 aliphatic heterocycles. The first kappa shape index (κ1) is 35.5. The summed E-state index contributed by atoms with van der Waals surface area (Å²) in [5.74, 6) is 0.0407. The molecule has 0 radical (unpaired) electrons. The summed E-state index contributed by atoms with van der Waals surface area (Å²) in [5, 5.41) is 51.4. The summed E-state index contributed by atoms with van der Waals surface area (Å²) in [5.41, 5.74) is 1.21. The predicted molar refractivity (Wildman–Crippen MR) is 163 cm³/mol. The van der Waals surface area contributed by atoms with Crippen LogP contribution in [0.3, 0.4) is 0 Å². The van der Waals surface area contributed by atoms with Gasteiger partial charge in [-0.05, 0) is 75.2 Å². The van der Waals surface area contributed by atoms with E-state index >= 15 is 0 Å². The highest BCUT2D eigenvalue weighted by Crippen LogP contribution is 2.38. The molecule has 0 aromatic heterocycles. The molecule has 1 aliphatic carbocycles. The maximum absolute atomic E-state index is 12.3. The van der Waals surface area contributed by atoms with Gasteiger partial charge in [-0.1, -0.05) is 42.5 Å². The molecule has 11 nitrogen and oxygen atoms in total. The highest BCUT2D eigenvalue weighted by atomic mass is 17.1. The predicted octanol–water partition coefficient (Wildman–Crippen LogP) is 2.37. The Kier molecular flexibility index (Phi) is 16.7. The number of aliphatic hydroxyl groups excluding tert-OH is 3. The number of carbonyl (C=O) groups is 1. The number of aliphatic hydroxyl groups is 3. The summed E-state index contributed by atoms with van der Waals surface area (Å²) in [6, 6.07) is 10.1. The van der Waals surface area contributed by atoms with Crippen molar-refractivity contribution in [2.45, 2.75) is 82.5 Å². The van der Waals surface area contributed by atoms with Crippen LogP contribution in [0, 0.1) is 11.8 Å². The van der Waals surface area contributed by atoms with Crippen molar-refractivity contribution in [1.29, 1.82) is 0 Å². The number of benzene rings is 1. The number of rotatable bonds is 20. The van der Waals surface area contributed by atoms with E-state index in [4.69, 9.17) is 10.4 Å². The average Bonchev–Trinajstić information content (AvgIpc) is 3.27. The Hall–Kier alpha value is -1.93. The van der Waals surface area contributed by atoms with Gasteiger partial charge in [0, 0.05) is 52.2 Å². The fourth-order valence-electron chi connectivity index (χ4n) is 6.28. The van der Waals surface area contributed by atoms with E-state index in [9.17, 15) is 20.1 Å². The Morgan fingerprint density at radius 2 is 1.67 bits per heavy atom. The fourth-order valence-corrected chi connectivity index (χ4v) is 6.28. The molecule has 2 fully saturated rings. The maximum atomic E-state index is 12.3. The lowest BCUT2D eigenvalue weighted by atomic mass is 9.85. The third-order valence-corrected chi connectivity index (χ3v) is 8.85. The second-order valence-electron chi connectivity index (χ2n) is 12.0. The van der Waals surface area contributed by atoms with Crippen LogP contribution >= 0.6 is 0 Å². The first-order valence-electron chi connectivity index (χ1n) is 16.1. The Labute approximate surface area is 256 Å². The zero-order valence-corrected chi connectivity index (χ0v) is 25.6. The second kappa shape index (κ2) is 20.2. The Morgan fingerprint density at radius 1 is 0.977 bits per heavy atom. The van der Waals surface area contributed by atoms with Gasteiger partial charge in [0.15, 0.2) is 0 Å². The van der Waals surface area contributed by atoms with Gasteiger partial charge >= 0.3 is 0 Å². The van der Waals surface area contributed by atoms with Gasteiger partial charge in [0.25, 0.3) is 0 Å². The first-order valence-corrected chi connectivity index (χ1v) is 16.1. The number of unbranched alkanes of at least 4 members (excludes halogenated alkanes) is 1.